The number of esters is 2. The van der Waals surface area contributed by atoms with Gasteiger partial charge in [0, 0.05) is 53.8 Å². The van der Waals surface area contributed by atoms with E-state index in [0.29, 0.717) is 32.1 Å². The Morgan fingerprint density at radius 1 is 0.630 bits per heavy atom. The molecule has 4 N–H and O–H groups in total. The fraction of sp³-hybridized carbons (Fsp3) is 0.696. The first-order valence-electron chi connectivity index (χ1n) is 20.1. The van der Waals surface area contributed by atoms with Crippen LogP contribution in [0.15, 0.2) is 24.3 Å². The number of carbonyl (C=O) groups is 2. The highest BCUT2D eigenvalue weighted by Gasteiger charge is 2.44. The maximum Gasteiger partial charge on any atom is 0.320 e. The Bertz CT molecular complexity index is 1550. The number of hydrogen-bond donors (Lipinski definition) is 4. The van der Waals surface area contributed by atoms with Crippen molar-refractivity contribution in [3.05, 3.63) is 57.6 Å². The van der Waals surface area contributed by atoms with Gasteiger partial charge in [0.25, 0.3) is 0 Å². The topological polar surface area (TPSA) is 117 Å². The number of piperidine rings is 2. The molecule has 2 aromatic rings. The zero-order valence-corrected chi connectivity index (χ0v) is 36.4. The molecule has 4 rings (SSSR count). The highest BCUT2D eigenvalue weighted by Crippen LogP contribution is 2.43. The largest absolute Gasteiger partial charge is 0.508 e. The highest BCUT2D eigenvalue weighted by molar-refractivity contribution is 5.95. The van der Waals surface area contributed by atoms with E-state index < -0.39 is 17.9 Å². The Hall–Kier alpha value is -3.10. The SMILES string of the molecule is Cc1cc(O)c(C(C)(C)C)cc1C(CCC(C(=O)OC1CC(C)(C)NC(C)(C)C1)C(=O)OC1CC(C)(C)NC(C)(C)C1)c1cc(C(C)(C)C)c(O)cc1C. The van der Waals surface area contributed by atoms with Gasteiger partial charge in [-0.15, -0.1) is 0 Å². The Morgan fingerprint density at radius 3 is 1.24 bits per heavy atom. The molecule has 0 spiro atoms. The van der Waals surface area contributed by atoms with E-state index in [1.54, 1.807) is 0 Å². The molecule has 2 aliphatic rings. The molecule has 302 valence electrons. The molecule has 2 fully saturated rings. The van der Waals surface area contributed by atoms with Crippen LogP contribution in [0.1, 0.15) is 175 Å². The fourth-order valence-electron chi connectivity index (χ4n) is 9.63. The molecule has 0 saturated carbocycles. The van der Waals surface area contributed by atoms with Crippen LogP contribution in [0.5, 0.6) is 11.5 Å². The number of phenolic OH excluding ortho intramolecular Hbond substituents is 2. The van der Waals surface area contributed by atoms with E-state index in [-0.39, 0.29) is 69.0 Å². The average Bonchev–Trinajstić information content (AvgIpc) is 2.91. The van der Waals surface area contributed by atoms with E-state index in [9.17, 15) is 19.8 Å². The third kappa shape index (κ3) is 10.8. The summed E-state index contributed by atoms with van der Waals surface area (Å²) in [6, 6.07) is 7.82. The standard InChI is InChI=1S/C46H72N2O6/c1-27-19-37(49)35(41(3,4)5)21-33(27)31(34-22-36(42(6,7)8)38(50)20-28(34)2)17-18-32(39(51)53-29-23-43(9,10)47-44(11,12)24-29)40(52)54-30-25-45(13,14)48-46(15,16)26-30/h19-22,29-32,47-50H,17-18,23-26H2,1-16H3. The molecule has 8 nitrogen and oxygen atoms in total. The number of benzene rings is 2. The Labute approximate surface area is 326 Å². The van der Waals surface area contributed by atoms with E-state index in [2.05, 4.69) is 120 Å². The third-order valence-electron chi connectivity index (χ3n) is 11.3. The van der Waals surface area contributed by atoms with E-state index in [1.807, 2.05) is 26.0 Å². The summed E-state index contributed by atoms with van der Waals surface area (Å²) < 4.78 is 12.6. The first kappa shape index (κ1) is 43.6. The van der Waals surface area contributed by atoms with Crippen LogP contribution in [0.3, 0.4) is 0 Å². The van der Waals surface area contributed by atoms with Gasteiger partial charge in [0.05, 0.1) is 0 Å². The summed E-state index contributed by atoms with van der Waals surface area (Å²) in [6.45, 7) is 33.4. The molecule has 0 radical (unpaired) electrons. The summed E-state index contributed by atoms with van der Waals surface area (Å²) in [6.07, 6.45) is 2.46. The first-order valence-corrected chi connectivity index (χ1v) is 20.1. The van der Waals surface area contributed by atoms with Gasteiger partial charge < -0.3 is 30.3 Å². The molecule has 0 aliphatic carbocycles. The molecular weight excluding hydrogens is 677 g/mol. The molecule has 0 atom stereocenters. The van der Waals surface area contributed by atoms with Crippen molar-refractivity contribution in [2.45, 2.75) is 200 Å². The summed E-state index contributed by atoms with van der Waals surface area (Å²) in [5.74, 6) is -1.99. The Morgan fingerprint density at radius 2 is 0.944 bits per heavy atom. The van der Waals surface area contributed by atoms with Crippen molar-refractivity contribution < 1.29 is 29.3 Å². The van der Waals surface area contributed by atoms with Crippen molar-refractivity contribution in [1.82, 2.24) is 10.6 Å². The number of aryl methyl sites for hydroxylation is 2. The van der Waals surface area contributed by atoms with Crippen LogP contribution < -0.4 is 10.6 Å². The quantitative estimate of drug-likeness (QED) is 0.148. The second-order valence-corrected chi connectivity index (χ2v) is 21.4. The van der Waals surface area contributed by atoms with Crippen LogP contribution in [-0.2, 0) is 29.9 Å². The van der Waals surface area contributed by atoms with E-state index in [4.69, 9.17) is 9.47 Å². The summed E-state index contributed by atoms with van der Waals surface area (Å²) in [4.78, 5) is 28.9. The first-order chi connectivity index (χ1) is 24.4. The second-order valence-electron chi connectivity index (χ2n) is 21.4. The maximum absolute atomic E-state index is 14.4. The van der Waals surface area contributed by atoms with Crippen molar-refractivity contribution in [2.24, 2.45) is 5.92 Å². The smallest absolute Gasteiger partial charge is 0.320 e. The molecular formula is C46H72N2O6. The normalized spacial score (nSPS) is 20.3. The number of nitrogens with one attached hydrogen (secondary N) is 2. The Kier molecular flexibility index (Phi) is 12.2. The molecule has 2 aromatic carbocycles. The maximum atomic E-state index is 14.4. The molecule has 0 aromatic heterocycles. The molecule has 0 unspecified atom stereocenters. The van der Waals surface area contributed by atoms with Crippen LogP contribution in [0.4, 0.5) is 0 Å². The minimum absolute atomic E-state index is 0.203. The summed E-state index contributed by atoms with van der Waals surface area (Å²) in [5.41, 5.74) is 3.83. The fourth-order valence-corrected chi connectivity index (χ4v) is 9.63. The summed E-state index contributed by atoms with van der Waals surface area (Å²) in [5, 5.41) is 29.5. The van der Waals surface area contributed by atoms with Gasteiger partial charge in [-0.25, -0.2) is 0 Å². The minimum Gasteiger partial charge on any atom is -0.508 e. The number of ether oxygens (including phenoxy) is 2. The third-order valence-corrected chi connectivity index (χ3v) is 11.3. The lowest BCUT2D eigenvalue weighted by molar-refractivity contribution is -0.172. The molecule has 0 bridgehead atoms. The number of phenols is 2. The van der Waals surface area contributed by atoms with Gasteiger partial charge in [-0.1, -0.05) is 53.7 Å². The highest BCUT2D eigenvalue weighted by atomic mass is 16.6. The van der Waals surface area contributed by atoms with Gasteiger partial charge >= 0.3 is 11.9 Å². The summed E-state index contributed by atoms with van der Waals surface area (Å²) >= 11 is 0. The lowest BCUT2D eigenvalue weighted by Gasteiger charge is -2.46. The summed E-state index contributed by atoms with van der Waals surface area (Å²) in [7, 11) is 0. The van der Waals surface area contributed by atoms with Gasteiger partial charge in [-0.05, 0) is 138 Å². The van der Waals surface area contributed by atoms with Gasteiger partial charge in [0.1, 0.15) is 23.7 Å². The van der Waals surface area contributed by atoms with Gasteiger partial charge in [0.2, 0.25) is 0 Å². The second kappa shape index (κ2) is 15.1. The molecule has 54 heavy (non-hydrogen) atoms. The van der Waals surface area contributed by atoms with E-state index >= 15 is 0 Å². The number of hydrogen-bond acceptors (Lipinski definition) is 8. The molecule has 2 heterocycles. The van der Waals surface area contributed by atoms with Crippen LogP contribution in [0.25, 0.3) is 0 Å². The predicted molar refractivity (Wildman–Crippen MR) is 218 cm³/mol. The van der Waals surface area contributed by atoms with E-state index in [0.717, 1.165) is 33.4 Å². The zero-order chi connectivity index (χ0) is 41.0. The minimum atomic E-state index is -1.13. The van der Waals surface area contributed by atoms with Crippen molar-refractivity contribution in [3.63, 3.8) is 0 Å². The van der Waals surface area contributed by atoms with Crippen LogP contribution in [0, 0.1) is 19.8 Å². The van der Waals surface area contributed by atoms with Gasteiger partial charge in [0.15, 0.2) is 5.92 Å². The zero-order valence-electron chi connectivity index (χ0n) is 36.4. The monoisotopic (exact) mass is 749 g/mol. The molecule has 2 aliphatic heterocycles. The number of rotatable bonds is 9. The molecule has 2 saturated heterocycles. The number of aromatic hydroxyl groups is 2. The van der Waals surface area contributed by atoms with Gasteiger partial charge in [-0.2, -0.15) is 0 Å². The average molecular weight is 749 g/mol. The van der Waals surface area contributed by atoms with Crippen molar-refractivity contribution in [3.8, 4) is 11.5 Å². The van der Waals surface area contributed by atoms with Gasteiger partial charge in [-0.3, -0.25) is 9.59 Å². The van der Waals surface area contributed by atoms with Crippen LogP contribution in [0.2, 0.25) is 0 Å². The predicted octanol–water partition coefficient (Wildman–Crippen LogP) is 9.54. The van der Waals surface area contributed by atoms with Crippen molar-refractivity contribution in [2.75, 3.05) is 0 Å². The number of carbonyl (C=O) groups excluding carboxylic acids is 2. The van der Waals surface area contributed by atoms with Crippen LogP contribution >= 0.6 is 0 Å². The van der Waals surface area contributed by atoms with E-state index in [1.165, 1.54) is 0 Å². The lowest BCUT2D eigenvalue weighted by atomic mass is 9.76. The van der Waals surface area contributed by atoms with Crippen molar-refractivity contribution in [1.29, 1.82) is 0 Å². The van der Waals surface area contributed by atoms with Crippen molar-refractivity contribution >= 4 is 11.9 Å². The Balaban J connectivity index is 1.80. The lowest BCUT2D eigenvalue weighted by Crippen LogP contribution is -2.60. The molecule has 8 heteroatoms. The van der Waals surface area contributed by atoms with Crippen LogP contribution in [-0.4, -0.2) is 56.5 Å². The molecule has 0 amide bonds.